The fourth-order valence-corrected chi connectivity index (χ4v) is 3.49. The van der Waals surface area contributed by atoms with Crippen LogP contribution >= 0.6 is 0 Å². The monoisotopic (exact) mass is 569 g/mol. The number of aliphatic carboxylic acids is 1. The Kier molecular flexibility index (Phi) is 14.0. The number of phenols is 1. The van der Waals surface area contributed by atoms with E-state index in [2.05, 4.69) is 21.3 Å². The molecule has 0 unspecified atom stereocenters. The fraction of sp³-hybridized carbons (Fsp3) is 0.560. The number of nitrogens with one attached hydrogen (secondary N) is 4. The molecule has 1 aromatic rings. The minimum absolute atomic E-state index is 0.0320. The zero-order valence-electron chi connectivity index (χ0n) is 22.5. The summed E-state index contributed by atoms with van der Waals surface area (Å²) in [5.74, 6) is -5.65. The van der Waals surface area contributed by atoms with Crippen molar-refractivity contribution < 1.29 is 49.5 Å². The van der Waals surface area contributed by atoms with Crippen molar-refractivity contribution in [1.29, 1.82) is 0 Å². The highest BCUT2D eigenvalue weighted by Gasteiger charge is 2.35. The van der Waals surface area contributed by atoms with Gasteiger partial charge in [0.1, 0.15) is 36.0 Å². The number of nitrogens with two attached hydrogens (primary N) is 1. The molecule has 0 aliphatic heterocycles. The number of hydrogen-bond donors (Lipinski definition) is 10. The molecule has 7 atom stereocenters. The predicted molar refractivity (Wildman–Crippen MR) is 140 cm³/mol. The van der Waals surface area contributed by atoms with Crippen LogP contribution in [0.2, 0.25) is 0 Å². The number of hydrogen-bond acceptors (Lipinski definition) is 10. The van der Waals surface area contributed by atoms with Gasteiger partial charge in [-0.15, -0.1) is 0 Å². The molecule has 0 aliphatic carbocycles. The van der Waals surface area contributed by atoms with E-state index >= 15 is 0 Å². The van der Waals surface area contributed by atoms with E-state index in [9.17, 15) is 44.4 Å². The summed E-state index contributed by atoms with van der Waals surface area (Å²) in [6.07, 6.45) is -1.20. The lowest BCUT2D eigenvalue weighted by Gasteiger charge is -2.29. The molecule has 1 aromatic carbocycles. The van der Waals surface area contributed by atoms with Crippen LogP contribution in [0.25, 0.3) is 0 Å². The Hall–Kier alpha value is -3.79. The molecule has 0 bridgehead atoms. The first-order valence-corrected chi connectivity index (χ1v) is 12.6. The summed E-state index contributed by atoms with van der Waals surface area (Å²) in [6, 6.07) is -1.43. The molecule has 40 heavy (non-hydrogen) atoms. The smallest absolute Gasteiger partial charge is 0.328 e. The number of benzene rings is 1. The molecule has 0 saturated heterocycles. The number of carboxylic acids is 1. The van der Waals surface area contributed by atoms with E-state index in [-0.39, 0.29) is 12.2 Å². The molecule has 11 N–H and O–H groups in total. The first-order chi connectivity index (χ1) is 18.7. The molecular formula is C25H39N5O10. The Morgan fingerprint density at radius 3 is 1.80 bits per heavy atom. The van der Waals surface area contributed by atoms with Crippen molar-refractivity contribution in [2.45, 2.75) is 69.9 Å². The van der Waals surface area contributed by atoms with Crippen LogP contribution in [0.3, 0.4) is 0 Å². The summed E-state index contributed by atoms with van der Waals surface area (Å²) in [4.78, 5) is 62.7. The lowest BCUT2D eigenvalue weighted by molar-refractivity contribution is -0.143. The van der Waals surface area contributed by atoms with Crippen molar-refractivity contribution in [3.63, 3.8) is 0 Å². The number of aromatic hydroxyl groups is 1. The SMILES string of the molecule is CC[C@H](C)[C@H](NC(=O)[C@@H](NC(=O)[C@H](Cc1ccc(O)cc1)NC(=O)[C@@H](N)CO)[C@@H](C)O)C(=O)N[C@@H](CO)C(=O)O. The normalized spacial score (nSPS) is 16.3. The second-order valence-electron chi connectivity index (χ2n) is 9.40. The van der Waals surface area contributed by atoms with Gasteiger partial charge in [-0.25, -0.2) is 4.79 Å². The zero-order chi connectivity index (χ0) is 30.6. The van der Waals surface area contributed by atoms with Crippen LogP contribution in [0.4, 0.5) is 0 Å². The van der Waals surface area contributed by atoms with Gasteiger partial charge in [0, 0.05) is 6.42 Å². The van der Waals surface area contributed by atoms with E-state index in [0.29, 0.717) is 12.0 Å². The molecule has 0 aliphatic rings. The van der Waals surface area contributed by atoms with Gasteiger partial charge in [0.2, 0.25) is 23.6 Å². The predicted octanol–water partition coefficient (Wildman–Crippen LogP) is -3.30. The highest BCUT2D eigenvalue weighted by atomic mass is 16.4. The molecule has 4 amide bonds. The largest absolute Gasteiger partial charge is 0.508 e. The van der Waals surface area contributed by atoms with Crippen LogP contribution in [0.15, 0.2) is 24.3 Å². The first-order valence-electron chi connectivity index (χ1n) is 12.6. The van der Waals surface area contributed by atoms with E-state index < -0.39 is 85.0 Å². The summed E-state index contributed by atoms with van der Waals surface area (Å²) in [7, 11) is 0. The van der Waals surface area contributed by atoms with Gasteiger partial charge in [-0.2, -0.15) is 0 Å². The Morgan fingerprint density at radius 1 is 0.800 bits per heavy atom. The van der Waals surface area contributed by atoms with Crippen molar-refractivity contribution in [3.05, 3.63) is 29.8 Å². The minimum atomic E-state index is -1.61. The van der Waals surface area contributed by atoms with Gasteiger partial charge in [0.05, 0.1) is 19.3 Å². The van der Waals surface area contributed by atoms with E-state index in [1.807, 2.05) is 0 Å². The average Bonchev–Trinajstić information content (AvgIpc) is 2.92. The number of aliphatic hydroxyl groups excluding tert-OH is 3. The van der Waals surface area contributed by atoms with Crippen LogP contribution in [-0.2, 0) is 30.4 Å². The lowest BCUT2D eigenvalue weighted by atomic mass is 9.97. The fourth-order valence-electron chi connectivity index (χ4n) is 3.49. The number of carbonyl (C=O) groups excluding carboxylic acids is 4. The number of carboxylic acid groups (broad SMARTS) is 1. The molecule has 224 valence electrons. The van der Waals surface area contributed by atoms with Gasteiger partial charge in [-0.3, -0.25) is 19.2 Å². The summed E-state index contributed by atoms with van der Waals surface area (Å²) in [5.41, 5.74) is 6.06. The van der Waals surface area contributed by atoms with Gasteiger partial charge in [-0.05, 0) is 30.5 Å². The molecular weight excluding hydrogens is 530 g/mol. The quantitative estimate of drug-likeness (QED) is 0.0942. The second-order valence-corrected chi connectivity index (χ2v) is 9.40. The summed E-state index contributed by atoms with van der Waals surface area (Å²) in [6.45, 7) is 2.96. The molecule has 15 nitrogen and oxygen atoms in total. The number of rotatable bonds is 16. The molecule has 0 saturated carbocycles. The summed E-state index contributed by atoms with van der Waals surface area (Å²) >= 11 is 0. The van der Waals surface area contributed by atoms with Crippen molar-refractivity contribution >= 4 is 29.6 Å². The molecule has 0 spiro atoms. The number of amides is 4. The Balaban J connectivity index is 3.17. The minimum Gasteiger partial charge on any atom is -0.508 e. The molecule has 0 aromatic heterocycles. The van der Waals surface area contributed by atoms with Crippen LogP contribution in [0.5, 0.6) is 5.75 Å². The highest BCUT2D eigenvalue weighted by molar-refractivity contribution is 5.95. The van der Waals surface area contributed by atoms with E-state index in [4.69, 9.17) is 10.8 Å². The molecule has 15 heteroatoms. The number of phenolic OH excluding ortho intramolecular Hbond substituents is 1. The Labute approximate surface area is 231 Å². The van der Waals surface area contributed by atoms with Gasteiger partial charge >= 0.3 is 5.97 Å². The maximum absolute atomic E-state index is 13.2. The summed E-state index contributed by atoms with van der Waals surface area (Å²) < 4.78 is 0. The Bertz CT molecular complexity index is 1020. The van der Waals surface area contributed by atoms with E-state index in [1.165, 1.54) is 31.2 Å². The first kappa shape index (κ1) is 34.2. The molecule has 0 fully saturated rings. The highest BCUT2D eigenvalue weighted by Crippen LogP contribution is 2.13. The van der Waals surface area contributed by atoms with Crippen LogP contribution in [0, 0.1) is 5.92 Å². The van der Waals surface area contributed by atoms with Crippen LogP contribution < -0.4 is 27.0 Å². The maximum Gasteiger partial charge on any atom is 0.328 e. The molecule has 0 heterocycles. The zero-order valence-corrected chi connectivity index (χ0v) is 22.5. The third-order valence-electron chi connectivity index (χ3n) is 6.20. The molecule has 0 radical (unpaired) electrons. The Morgan fingerprint density at radius 2 is 1.32 bits per heavy atom. The third kappa shape index (κ3) is 10.4. The van der Waals surface area contributed by atoms with Crippen molar-refractivity contribution in [3.8, 4) is 5.75 Å². The third-order valence-corrected chi connectivity index (χ3v) is 6.20. The van der Waals surface area contributed by atoms with E-state index in [1.54, 1.807) is 13.8 Å². The van der Waals surface area contributed by atoms with Crippen molar-refractivity contribution in [2.75, 3.05) is 13.2 Å². The van der Waals surface area contributed by atoms with Gasteiger partial charge < -0.3 is 52.5 Å². The van der Waals surface area contributed by atoms with Gasteiger partial charge in [0.25, 0.3) is 0 Å². The van der Waals surface area contributed by atoms with Crippen molar-refractivity contribution in [2.24, 2.45) is 11.7 Å². The molecule has 1 rings (SSSR count). The van der Waals surface area contributed by atoms with Gasteiger partial charge in [0.15, 0.2) is 0 Å². The van der Waals surface area contributed by atoms with Crippen LogP contribution in [0.1, 0.15) is 32.8 Å². The van der Waals surface area contributed by atoms with Gasteiger partial charge in [-0.1, -0.05) is 32.4 Å². The van der Waals surface area contributed by atoms with Crippen LogP contribution in [-0.4, -0.2) is 105 Å². The topological polar surface area (TPSA) is 261 Å². The van der Waals surface area contributed by atoms with E-state index in [0.717, 1.165) is 0 Å². The number of carbonyl (C=O) groups is 5. The maximum atomic E-state index is 13.2. The summed E-state index contributed by atoms with van der Waals surface area (Å²) in [5, 5.41) is 56.6. The average molecular weight is 570 g/mol. The number of aliphatic hydroxyl groups is 3. The van der Waals surface area contributed by atoms with Crippen molar-refractivity contribution in [1.82, 2.24) is 21.3 Å². The lowest BCUT2D eigenvalue weighted by Crippen LogP contribution is -2.62. The second kappa shape index (κ2) is 16.3. The standard InChI is InChI=1S/C25H39N5O10/c1-4-12(2)19(23(37)28-18(11-32)25(39)40)29-24(38)20(13(3)33)30-22(36)17(27-21(35)16(26)10-31)9-14-5-7-15(34)8-6-14/h5-8,12-13,16-20,31-34H,4,9-11,26H2,1-3H3,(H,27,35)(H,28,37)(H,29,38)(H,30,36)(H,39,40)/t12-,13+,16-,17-,18-,19-,20-/m0/s1.